The van der Waals surface area contributed by atoms with E-state index in [0.717, 1.165) is 24.0 Å². The highest BCUT2D eigenvalue weighted by Crippen LogP contribution is 2.42. The lowest BCUT2D eigenvalue weighted by atomic mass is 9.69. The van der Waals surface area contributed by atoms with Crippen molar-refractivity contribution in [3.8, 4) is 11.4 Å². The van der Waals surface area contributed by atoms with Gasteiger partial charge in [-0.25, -0.2) is 0 Å². The van der Waals surface area contributed by atoms with Crippen molar-refractivity contribution >= 4 is 0 Å². The van der Waals surface area contributed by atoms with Gasteiger partial charge in [-0.2, -0.15) is 4.98 Å². The average molecular weight is 244 g/mol. The van der Waals surface area contributed by atoms with E-state index < -0.39 is 0 Å². The van der Waals surface area contributed by atoms with Crippen LogP contribution in [0, 0.1) is 6.92 Å². The van der Waals surface area contributed by atoms with E-state index in [0.29, 0.717) is 18.3 Å². The summed E-state index contributed by atoms with van der Waals surface area (Å²) in [6, 6.07) is 1.94. The van der Waals surface area contributed by atoms with Crippen LogP contribution in [0.2, 0.25) is 0 Å². The molecular weight excluding hydrogens is 228 g/mol. The molecule has 0 bridgehead atoms. The van der Waals surface area contributed by atoms with Crippen LogP contribution < -0.4 is 5.73 Å². The van der Waals surface area contributed by atoms with E-state index in [1.165, 1.54) is 6.42 Å². The summed E-state index contributed by atoms with van der Waals surface area (Å²) in [5.41, 5.74) is 7.76. The number of aryl methyl sites for hydroxylation is 1. The maximum Gasteiger partial charge on any atom is 0.234 e. The summed E-state index contributed by atoms with van der Waals surface area (Å²) < 4.78 is 5.40. The van der Waals surface area contributed by atoms with E-state index in [1.807, 2.05) is 13.0 Å². The van der Waals surface area contributed by atoms with Crippen LogP contribution in [0.4, 0.5) is 0 Å². The highest BCUT2D eigenvalue weighted by Gasteiger charge is 2.42. The highest BCUT2D eigenvalue weighted by molar-refractivity contribution is 5.57. The fourth-order valence-corrected chi connectivity index (χ4v) is 2.36. The Morgan fingerprint density at radius 2 is 2.28 bits per heavy atom. The van der Waals surface area contributed by atoms with Gasteiger partial charge in [0.2, 0.25) is 11.7 Å². The molecule has 5 heteroatoms. The van der Waals surface area contributed by atoms with Gasteiger partial charge in [-0.3, -0.25) is 4.98 Å². The molecule has 18 heavy (non-hydrogen) atoms. The van der Waals surface area contributed by atoms with Crippen molar-refractivity contribution in [1.29, 1.82) is 0 Å². The van der Waals surface area contributed by atoms with Gasteiger partial charge >= 0.3 is 0 Å². The minimum atomic E-state index is -0.0820. The minimum absolute atomic E-state index is 0.0820. The quantitative estimate of drug-likeness (QED) is 0.891. The van der Waals surface area contributed by atoms with E-state index in [9.17, 15) is 0 Å². The Bertz CT molecular complexity index is 554. The Morgan fingerprint density at radius 3 is 2.89 bits per heavy atom. The average Bonchev–Trinajstić information content (AvgIpc) is 2.79. The summed E-state index contributed by atoms with van der Waals surface area (Å²) >= 11 is 0. The van der Waals surface area contributed by atoms with Gasteiger partial charge in [0.15, 0.2) is 0 Å². The Kier molecular flexibility index (Phi) is 2.63. The van der Waals surface area contributed by atoms with E-state index in [2.05, 4.69) is 15.1 Å². The molecule has 1 aliphatic carbocycles. The first-order valence-electron chi connectivity index (χ1n) is 6.20. The van der Waals surface area contributed by atoms with Gasteiger partial charge in [0.05, 0.1) is 5.41 Å². The van der Waals surface area contributed by atoms with E-state index in [4.69, 9.17) is 10.3 Å². The number of aromatic nitrogens is 3. The molecule has 1 aliphatic rings. The zero-order valence-corrected chi connectivity index (χ0v) is 10.4. The summed E-state index contributed by atoms with van der Waals surface area (Å²) in [6.45, 7) is 2.58. The van der Waals surface area contributed by atoms with Gasteiger partial charge in [-0.1, -0.05) is 11.6 Å². The predicted molar refractivity (Wildman–Crippen MR) is 66.8 cm³/mol. The molecule has 1 saturated carbocycles. The first kappa shape index (κ1) is 11.3. The number of hydrogen-bond acceptors (Lipinski definition) is 5. The molecule has 0 unspecified atom stereocenters. The molecule has 0 amide bonds. The van der Waals surface area contributed by atoms with E-state index in [-0.39, 0.29) is 5.41 Å². The third-order valence-corrected chi connectivity index (χ3v) is 3.86. The molecule has 94 valence electrons. The summed E-state index contributed by atoms with van der Waals surface area (Å²) in [5.74, 6) is 1.28. The van der Waals surface area contributed by atoms with Gasteiger partial charge in [-0.15, -0.1) is 0 Å². The second kappa shape index (κ2) is 4.17. The Balaban J connectivity index is 1.97. The predicted octanol–water partition coefficient (Wildman–Crippen LogP) is 1.82. The molecule has 0 atom stereocenters. The monoisotopic (exact) mass is 244 g/mol. The zero-order valence-electron chi connectivity index (χ0n) is 10.4. The van der Waals surface area contributed by atoms with Crippen LogP contribution in [-0.2, 0) is 5.41 Å². The number of pyridine rings is 1. The van der Waals surface area contributed by atoms with Crippen molar-refractivity contribution < 1.29 is 4.52 Å². The van der Waals surface area contributed by atoms with Crippen LogP contribution >= 0.6 is 0 Å². The van der Waals surface area contributed by atoms with E-state index >= 15 is 0 Å². The Morgan fingerprint density at radius 1 is 1.44 bits per heavy atom. The molecule has 2 aromatic heterocycles. The largest absolute Gasteiger partial charge is 0.338 e. The molecule has 0 radical (unpaired) electrons. The van der Waals surface area contributed by atoms with Crippen molar-refractivity contribution in [2.24, 2.45) is 5.73 Å². The first-order valence-corrected chi connectivity index (χ1v) is 6.20. The maximum atomic E-state index is 5.84. The molecule has 3 rings (SSSR count). The smallest absolute Gasteiger partial charge is 0.234 e. The molecule has 2 aromatic rings. The van der Waals surface area contributed by atoms with Crippen LogP contribution in [0.1, 0.15) is 30.7 Å². The van der Waals surface area contributed by atoms with Crippen molar-refractivity contribution in [3.05, 3.63) is 29.9 Å². The van der Waals surface area contributed by atoms with Gasteiger partial charge in [0.1, 0.15) is 0 Å². The van der Waals surface area contributed by atoms with Gasteiger partial charge in [-0.05, 0) is 31.4 Å². The summed E-state index contributed by atoms with van der Waals surface area (Å²) in [7, 11) is 0. The van der Waals surface area contributed by atoms with Crippen LogP contribution in [0.25, 0.3) is 11.4 Å². The third kappa shape index (κ3) is 1.62. The Hall–Kier alpha value is -1.75. The molecule has 2 heterocycles. The maximum absolute atomic E-state index is 5.84. The number of hydrogen-bond donors (Lipinski definition) is 1. The second-order valence-corrected chi connectivity index (χ2v) is 4.95. The Labute approximate surface area is 105 Å². The van der Waals surface area contributed by atoms with Crippen LogP contribution in [0.5, 0.6) is 0 Å². The standard InChI is InChI=1S/C13H16N4O/c1-9-3-6-15-7-10(9)11-16-12(18-17-11)13(8-14)4-2-5-13/h3,6-7H,2,4-5,8,14H2,1H3. The van der Waals surface area contributed by atoms with Crippen molar-refractivity contribution in [1.82, 2.24) is 15.1 Å². The van der Waals surface area contributed by atoms with Crippen LogP contribution in [0.3, 0.4) is 0 Å². The van der Waals surface area contributed by atoms with E-state index in [1.54, 1.807) is 12.4 Å². The highest BCUT2D eigenvalue weighted by atomic mass is 16.5. The summed E-state index contributed by atoms with van der Waals surface area (Å²) in [4.78, 5) is 8.61. The molecule has 1 fully saturated rings. The topological polar surface area (TPSA) is 77.8 Å². The van der Waals surface area contributed by atoms with Crippen LogP contribution in [-0.4, -0.2) is 21.7 Å². The van der Waals surface area contributed by atoms with Crippen molar-refractivity contribution in [3.63, 3.8) is 0 Å². The fraction of sp³-hybridized carbons (Fsp3) is 0.462. The number of nitrogens with two attached hydrogens (primary N) is 1. The zero-order chi connectivity index (χ0) is 12.6. The van der Waals surface area contributed by atoms with Crippen molar-refractivity contribution in [2.45, 2.75) is 31.6 Å². The summed E-state index contributed by atoms with van der Waals surface area (Å²) in [6.07, 6.45) is 6.78. The minimum Gasteiger partial charge on any atom is -0.338 e. The third-order valence-electron chi connectivity index (χ3n) is 3.86. The lowest BCUT2D eigenvalue weighted by Gasteiger charge is -2.36. The summed E-state index contributed by atoms with van der Waals surface area (Å²) in [5, 5.41) is 4.06. The lowest BCUT2D eigenvalue weighted by molar-refractivity contribution is 0.182. The van der Waals surface area contributed by atoms with Gasteiger partial charge in [0, 0.05) is 24.5 Å². The molecule has 2 N–H and O–H groups in total. The number of nitrogens with zero attached hydrogens (tertiary/aromatic N) is 3. The number of rotatable bonds is 3. The first-order chi connectivity index (χ1) is 8.75. The molecule has 0 aromatic carbocycles. The van der Waals surface area contributed by atoms with Gasteiger partial charge < -0.3 is 10.3 Å². The normalized spacial score (nSPS) is 17.4. The molecule has 0 saturated heterocycles. The van der Waals surface area contributed by atoms with Crippen molar-refractivity contribution in [2.75, 3.05) is 6.54 Å². The molecule has 5 nitrogen and oxygen atoms in total. The molecular formula is C13H16N4O. The van der Waals surface area contributed by atoms with Crippen LogP contribution in [0.15, 0.2) is 23.0 Å². The van der Waals surface area contributed by atoms with Gasteiger partial charge in [0.25, 0.3) is 0 Å². The fourth-order valence-electron chi connectivity index (χ4n) is 2.36. The second-order valence-electron chi connectivity index (χ2n) is 4.95. The molecule has 0 aliphatic heterocycles. The SMILES string of the molecule is Cc1ccncc1-c1noc(C2(CN)CCC2)n1. The lowest BCUT2D eigenvalue weighted by Crippen LogP contribution is -2.41. The molecule has 0 spiro atoms.